The van der Waals surface area contributed by atoms with E-state index in [1.807, 2.05) is 30.0 Å². The predicted molar refractivity (Wildman–Crippen MR) is 80.1 cm³/mol. The first kappa shape index (κ1) is 12.8. The van der Waals surface area contributed by atoms with Crippen LogP contribution in [0.1, 0.15) is 37.8 Å². The fraction of sp³-hybridized carbons (Fsp3) is 0.438. The Morgan fingerprint density at radius 3 is 2.68 bits per heavy atom. The maximum Gasteiger partial charge on any atom is 0.167 e. The molecule has 1 aliphatic rings. The molecule has 2 aromatic rings. The van der Waals surface area contributed by atoms with Crippen molar-refractivity contribution in [3.8, 4) is 11.3 Å². The molecule has 0 bridgehead atoms. The first-order valence-corrected chi connectivity index (χ1v) is 8.09. The zero-order chi connectivity index (χ0) is 12.9. The predicted octanol–water partition coefficient (Wildman–Crippen LogP) is 4.91. The summed E-state index contributed by atoms with van der Waals surface area (Å²) in [5.41, 5.74) is 2.17. The summed E-state index contributed by atoms with van der Waals surface area (Å²) in [5.74, 6) is 1.85. The summed E-state index contributed by atoms with van der Waals surface area (Å²) in [5, 5.41) is 5.01. The van der Waals surface area contributed by atoms with Gasteiger partial charge in [-0.2, -0.15) is 11.8 Å². The van der Waals surface area contributed by atoms with E-state index < -0.39 is 0 Å². The molecule has 19 heavy (non-hydrogen) atoms. The van der Waals surface area contributed by atoms with Crippen LogP contribution < -0.4 is 0 Å². The molecular formula is C16H19NOS. The zero-order valence-corrected chi connectivity index (χ0v) is 11.9. The van der Waals surface area contributed by atoms with Crippen molar-refractivity contribution >= 4 is 11.8 Å². The van der Waals surface area contributed by atoms with Crippen molar-refractivity contribution in [2.75, 3.05) is 0 Å². The standard InChI is InChI=1S/C16H19NOS/c1-3-7-13(8-4-1)16-11-14(17-18-16)12-19-15-9-5-2-6-10-15/h1,3-4,7-8,11,15H,2,5-6,9-10,12H2. The van der Waals surface area contributed by atoms with Crippen molar-refractivity contribution in [2.45, 2.75) is 43.1 Å². The van der Waals surface area contributed by atoms with Gasteiger partial charge in [-0.05, 0) is 12.8 Å². The number of hydrogen-bond acceptors (Lipinski definition) is 3. The smallest absolute Gasteiger partial charge is 0.167 e. The van der Waals surface area contributed by atoms with Gasteiger partial charge in [-0.15, -0.1) is 0 Å². The van der Waals surface area contributed by atoms with E-state index in [9.17, 15) is 0 Å². The van der Waals surface area contributed by atoms with Gasteiger partial charge in [0.05, 0.1) is 5.69 Å². The molecule has 2 nitrogen and oxygen atoms in total. The van der Waals surface area contributed by atoms with Gasteiger partial charge in [0.1, 0.15) is 0 Å². The van der Waals surface area contributed by atoms with Crippen LogP contribution in [0.2, 0.25) is 0 Å². The highest BCUT2D eigenvalue weighted by atomic mass is 32.2. The van der Waals surface area contributed by atoms with Gasteiger partial charge >= 0.3 is 0 Å². The third kappa shape index (κ3) is 3.41. The fourth-order valence-corrected chi connectivity index (χ4v) is 3.76. The molecule has 3 heteroatoms. The summed E-state index contributed by atoms with van der Waals surface area (Å²) in [6, 6.07) is 12.2. The van der Waals surface area contributed by atoms with Gasteiger partial charge in [0.2, 0.25) is 0 Å². The molecule has 0 aliphatic heterocycles. The van der Waals surface area contributed by atoms with E-state index >= 15 is 0 Å². The van der Waals surface area contributed by atoms with Crippen LogP contribution in [0.5, 0.6) is 0 Å². The Morgan fingerprint density at radius 2 is 1.89 bits per heavy atom. The maximum absolute atomic E-state index is 5.43. The van der Waals surface area contributed by atoms with Crippen LogP contribution in [0.3, 0.4) is 0 Å². The molecular weight excluding hydrogens is 254 g/mol. The van der Waals surface area contributed by atoms with Crippen LogP contribution in [0.25, 0.3) is 11.3 Å². The van der Waals surface area contributed by atoms with Crippen LogP contribution in [0.15, 0.2) is 40.9 Å². The van der Waals surface area contributed by atoms with Gasteiger partial charge in [0.15, 0.2) is 5.76 Å². The quantitative estimate of drug-likeness (QED) is 0.791. The molecule has 1 aliphatic carbocycles. The second-order valence-corrected chi connectivity index (χ2v) is 6.41. The van der Waals surface area contributed by atoms with Crippen LogP contribution in [-0.4, -0.2) is 10.4 Å². The zero-order valence-electron chi connectivity index (χ0n) is 11.0. The topological polar surface area (TPSA) is 26.0 Å². The highest BCUT2D eigenvalue weighted by molar-refractivity contribution is 7.99. The van der Waals surface area contributed by atoms with E-state index in [0.717, 1.165) is 28.0 Å². The first-order chi connectivity index (χ1) is 9.42. The van der Waals surface area contributed by atoms with Crippen molar-refractivity contribution < 1.29 is 4.52 Å². The fourth-order valence-electron chi connectivity index (χ4n) is 2.55. The number of rotatable bonds is 4. The van der Waals surface area contributed by atoms with Crippen molar-refractivity contribution in [3.05, 3.63) is 42.1 Å². The molecule has 1 aromatic carbocycles. The first-order valence-electron chi connectivity index (χ1n) is 7.04. The molecule has 0 spiro atoms. The average Bonchev–Trinajstić information content (AvgIpc) is 2.96. The number of thioether (sulfide) groups is 1. The summed E-state index contributed by atoms with van der Waals surface area (Å²) in [7, 11) is 0. The van der Waals surface area contributed by atoms with Crippen molar-refractivity contribution in [1.29, 1.82) is 0 Å². The number of nitrogens with zero attached hydrogens (tertiary/aromatic N) is 1. The van der Waals surface area contributed by atoms with Crippen molar-refractivity contribution in [2.24, 2.45) is 0 Å². The van der Waals surface area contributed by atoms with E-state index in [4.69, 9.17) is 4.52 Å². The summed E-state index contributed by atoms with van der Waals surface area (Å²) < 4.78 is 5.43. The van der Waals surface area contributed by atoms with Crippen LogP contribution >= 0.6 is 11.8 Å². The molecule has 1 heterocycles. The number of hydrogen-bond donors (Lipinski definition) is 0. The summed E-state index contributed by atoms with van der Waals surface area (Å²) in [6.45, 7) is 0. The molecule has 0 radical (unpaired) electrons. The molecule has 1 fully saturated rings. The molecule has 1 aromatic heterocycles. The Hall–Kier alpha value is -1.22. The highest BCUT2D eigenvalue weighted by Crippen LogP contribution is 2.31. The highest BCUT2D eigenvalue weighted by Gasteiger charge is 2.15. The van der Waals surface area contributed by atoms with E-state index in [1.54, 1.807) is 0 Å². The van der Waals surface area contributed by atoms with Crippen LogP contribution in [0, 0.1) is 0 Å². The minimum absolute atomic E-state index is 0.825. The third-order valence-electron chi connectivity index (χ3n) is 3.64. The molecule has 0 saturated heterocycles. The van der Waals surface area contributed by atoms with E-state index in [0.29, 0.717) is 0 Å². The van der Waals surface area contributed by atoms with Crippen LogP contribution in [0.4, 0.5) is 0 Å². The second-order valence-electron chi connectivity index (χ2n) is 5.12. The normalized spacial score (nSPS) is 16.6. The molecule has 0 atom stereocenters. The lowest BCUT2D eigenvalue weighted by Gasteiger charge is -2.20. The van der Waals surface area contributed by atoms with E-state index in [-0.39, 0.29) is 0 Å². The van der Waals surface area contributed by atoms with E-state index in [2.05, 4.69) is 23.4 Å². The lowest BCUT2D eigenvalue weighted by Crippen LogP contribution is -2.08. The Bertz CT molecular complexity index is 502. The Morgan fingerprint density at radius 1 is 1.11 bits per heavy atom. The van der Waals surface area contributed by atoms with Crippen molar-refractivity contribution in [3.63, 3.8) is 0 Å². The molecule has 0 amide bonds. The molecule has 1 saturated carbocycles. The minimum atomic E-state index is 0.825. The minimum Gasteiger partial charge on any atom is -0.356 e. The Balaban J connectivity index is 1.59. The Labute approximate surface area is 118 Å². The average molecular weight is 273 g/mol. The van der Waals surface area contributed by atoms with Gasteiger partial charge < -0.3 is 4.52 Å². The maximum atomic E-state index is 5.43. The molecule has 0 N–H and O–H groups in total. The Kier molecular flexibility index (Phi) is 4.23. The monoisotopic (exact) mass is 273 g/mol. The van der Waals surface area contributed by atoms with Gasteiger partial charge in [0.25, 0.3) is 0 Å². The van der Waals surface area contributed by atoms with Gasteiger partial charge in [0, 0.05) is 22.6 Å². The summed E-state index contributed by atoms with van der Waals surface area (Å²) in [6.07, 6.45) is 6.94. The number of aromatic nitrogens is 1. The molecule has 0 unspecified atom stereocenters. The summed E-state index contributed by atoms with van der Waals surface area (Å²) >= 11 is 2.04. The SMILES string of the molecule is c1ccc(-c2cc(CSC3CCCCC3)no2)cc1. The lowest BCUT2D eigenvalue weighted by atomic mass is 10.0. The molecule has 100 valence electrons. The lowest BCUT2D eigenvalue weighted by molar-refractivity contribution is 0.426. The van der Waals surface area contributed by atoms with Gasteiger partial charge in [-0.25, -0.2) is 0 Å². The third-order valence-corrected chi connectivity index (χ3v) is 5.04. The van der Waals surface area contributed by atoms with E-state index in [1.165, 1.54) is 32.1 Å². The van der Waals surface area contributed by atoms with Gasteiger partial charge in [-0.1, -0.05) is 54.8 Å². The van der Waals surface area contributed by atoms with Gasteiger partial charge in [-0.3, -0.25) is 0 Å². The van der Waals surface area contributed by atoms with Crippen LogP contribution in [-0.2, 0) is 5.75 Å². The number of benzene rings is 1. The summed E-state index contributed by atoms with van der Waals surface area (Å²) in [4.78, 5) is 0. The van der Waals surface area contributed by atoms with Crippen molar-refractivity contribution in [1.82, 2.24) is 5.16 Å². The second kappa shape index (κ2) is 6.29. The molecule has 3 rings (SSSR count). The largest absolute Gasteiger partial charge is 0.356 e.